The van der Waals surface area contributed by atoms with E-state index in [4.69, 9.17) is 5.26 Å². The number of hydrogen-bond donors (Lipinski definition) is 0. The fourth-order valence-electron chi connectivity index (χ4n) is 1.34. The number of hydrogen-bond acceptors (Lipinski definition) is 4. The predicted molar refractivity (Wildman–Crippen MR) is 63.8 cm³/mol. The molecule has 4 nitrogen and oxygen atoms in total. The monoisotopic (exact) mass is 258 g/mol. The molecule has 0 aliphatic carbocycles. The highest BCUT2D eigenvalue weighted by Gasteiger charge is 2.23. The van der Waals surface area contributed by atoms with Gasteiger partial charge in [-0.2, -0.15) is 9.57 Å². The largest absolute Gasteiger partial charge is 0.252 e. The van der Waals surface area contributed by atoms with Gasteiger partial charge in [0.05, 0.1) is 0 Å². The fourth-order valence-corrected chi connectivity index (χ4v) is 4.14. The van der Waals surface area contributed by atoms with E-state index in [0.717, 1.165) is 17.8 Å². The zero-order valence-corrected chi connectivity index (χ0v) is 10.9. The van der Waals surface area contributed by atoms with Crippen LogP contribution in [-0.2, 0) is 10.0 Å². The first-order chi connectivity index (χ1) is 7.56. The molecule has 0 bridgehead atoms. The molecule has 1 rings (SSSR count). The van der Waals surface area contributed by atoms with Crippen molar-refractivity contribution in [3.63, 3.8) is 0 Å². The van der Waals surface area contributed by atoms with Crippen LogP contribution in [0.5, 0.6) is 0 Å². The third kappa shape index (κ3) is 2.61. The van der Waals surface area contributed by atoms with E-state index in [9.17, 15) is 8.42 Å². The van der Waals surface area contributed by atoms with E-state index < -0.39 is 10.0 Å². The van der Waals surface area contributed by atoms with Crippen molar-refractivity contribution >= 4 is 21.4 Å². The van der Waals surface area contributed by atoms with Crippen molar-refractivity contribution in [2.45, 2.75) is 24.5 Å². The van der Waals surface area contributed by atoms with Crippen molar-refractivity contribution in [3.05, 3.63) is 17.0 Å². The predicted octanol–water partition coefficient (Wildman–Crippen LogP) is 2.04. The van der Waals surface area contributed by atoms with E-state index >= 15 is 0 Å². The van der Waals surface area contributed by atoms with E-state index in [1.54, 1.807) is 0 Å². The fraction of sp³-hybridized carbons (Fsp3) is 0.500. The smallest absolute Gasteiger partial charge is 0.206 e. The second-order valence-corrected chi connectivity index (χ2v) is 6.48. The molecule has 0 radical (unpaired) electrons. The van der Waals surface area contributed by atoms with Crippen molar-refractivity contribution in [1.82, 2.24) is 4.31 Å². The van der Waals surface area contributed by atoms with Crippen LogP contribution in [0.2, 0.25) is 0 Å². The van der Waals surface area contributed by atoms with E-state index in [1.807, 2.05) is 19.9 Å². The summed E-state index contributed by atoms with van der Waals surface area (Å²) >= 11 is 1.02. The molecule has 6 heteroatoms. The quantitative estimate of drug-likeness (QED) is 0.812. The first-order valence-corrected chi connectivity index (χ1v) is 7.32. The summed E-state index contributed by atoms with van der Waals surface area (Å²) in [7, 11) is -3.40. The van der Waals surface area contributed by atoms with Gasteiger partial charge in [-0.15, -0.1) is 11.3 Å². The van der Waals surface area contributed by atoms with Crippen LogP contribution >= 0.6 is 11.3 Å². The Morgan fingerprint density at radius 1 is 1.44 bits per heavy atom. The Bertz CT molecular complexity index is 485. The molecule has 0 spiro atoms. The Labute approximate surface area is 100 Å². The maximum Gasteiger partial charge on any atom is 0.252 e. The number of nitriles is 1. The summed E-state index contributed by atoms with van der Waals surface area (Å²) in [6, 6.07) is 4.98. The van der Waals surface area contributed by atoms with E-state index in [-0.39, 0.29) is 4.21 Å². The standard InChI is InChI=1S/C10H14N2O2S2/c1-3-7-12(4-2)16(13,14)10-6-5-9(8-11)15-10/h5-6H,3-4,7H2,1-2H3. The van der Waals surface area contributed by atoms with Crippen molar-refractivity contribution in [3.8, 4) is 6.07 Å². The van der Waals surface area contributed by atoms with Gasteiger partial charge in [0.25, 0.3) is 10.0 Å². The lowest BCUT2D eigenvalue weighted by atomic mass is 10.5. The molecule has 0 fully saturated rings. The van der Waals surface area contributed by atoms with Crippen LogP contribution in [0.4, 0.5) is 0 Å². The van der Waals surface area contributed by atoms with Gasteiger partial charge in [0, 0.05) is 13.1 Å². The lowest BCUT2D eigenvalue weighted by Crippen LogP contribution is -2.31. The van der Waals surface area contributed by atoms with Gasteiger partial charge < -0.3 is 0 Å². The molecule has 0 saturated carbocycles. The molecule has 0 amide bonds. The van der Waals surface area contributed by atoms with Crippen LogP contribution in [-0.4, -0.2) is 25.8 Å². The highest BCUT2D eigenvalue weighted by atomic mass is 32.2. The lowest BCUT2D eigenvalue weighted by molar-refractivity contribution is 0.428. The molecular formula is C10H14N2O2S2. The molecule has 0 N–H and O–H groups in total. The van der Waals surface area contributed by atoms with Crippen LogP contribution in [0.3, 0.4) is 0 Å². The zero-order chi connectivity index (χ0) is 12.2. The first kappa shape index (κ1) is 13.2. The van der Waals surface area contributed by atoms with Gasteiger partial charge in [-0.1, -0.05) is 13.8 Å². The molecule has 0 atom stereocenters. The minimum atomic E-state index is -3.40. The summed E-state index contributed by atoms with van der Waals surface area (Å²) in [6.45, 7) is 4.72. The first-order valence-electron chi connectivity index (χ1n) is 5.06. The van der Waals surface area contributed by atoms with Crippen molar-refractivity contribution in [2.24, 2.45) is 0 Å². The highest BCUT2D eigenvalue weighted by molar-refractivity contribution is 7.91. The van der Waals surface area contributed by atoms with E-state index in [0.29, 0.717) is 18.0 Å². The Kier molecular flexibility index (Phi) is 4.47. The molecular weight excluding hydrogens is 244 g/mol. The van der Waals surface area contributed by atoms with E-state index in [1.165, 1.54) is 16.4 Å². The Hall–Kier alpha value is -0.900. The average Bonchev–Trinajstić information content (AvgIpc) is 2.74. The van der Waals surface area contributed by atoms with Gasteiger partial charge in [0.1, 0.15) is 15.2 Å². The molecule has 1 aromatic rings. The van der Waals surface area contributed by atoms with Crippen LogP contribution in [0.25, 0.3) is 0 Å². The summed E-state index contributed by atoms with van der Waals surface area (Å²) in [4.78, 5) is 0.422. The SMILES string of the molecule is CCCN(CC)S(=O)(=O)c1ccc(C#N)s1. The molecule has 16 heavy (non-hydrogen) atoms. The molecule has 0 aromatic carbocycles. The van der Waals surface area contributed by atoms with Crippen LogP contribution in [0.1, 0.15) is 25.1 Å². The minimum absolute atomic E-state index is 0.249. The van der Waals surface area contributed by atoms with Crippen molar-refractivity contribution < 1.29 is 8.42 Å². The summed E-state index contributed by atoms with van der Waals surface area (Å²) in [5.74, 6) is 0. The third-order valence-corrected chi connectivity index (χ3v) is 5.54. The minimum Gasteiger partial charge on any atom is -0.206 e. The molecule has 1 aromatic heterocycles. The molecule has 88 valence electrons. The van der Waals surface area contributed by atoms with Gasteiger partial charge in [-0.3, -0.25) is 0 Å². The van der Waals surface area contributed by atoms with Gasteiger partial charge in [0.2, 0.25) is 0 Å². The second-order valence-electron chi connectivity index (χ2n) is 3.23. The summed E-state index contributed by atoms with van der Waals surface area (Å²) in [5, 5.41) is 8.67. The van der Waals surface area contributed by atoms with Crippen LogP contribution in [0, 0.1) is 11.3 Å². The summed E-state index contributed by atoms with van der Waals surface area (Å²) < 4.78 is 25.9. The average molecular weight is 258 g/mol. The van der Waals surface area contributed by atoms with Gasteiger partial charge in [-0.25, -0.2) is 8.42 Å². The zero-order valence-electron chi connectivity index (χ0n) is 9.30. The van der Waals surface area contributed by atoms with Crippen molar-refractivity contribution in [2.75, 3.05) is 13.1 Å². The van der Waals surface area contributed by atoms with Gasteiger partial charge in [-0.05, 0) is 18.6 Å². The Morgan fingerprint density at radius 3 is 2.56 bits per heavy atom. The second kappa shape index (κ2) is 5.43. The molecule has 0 unspecified atom stereocenters. The van der Waals surface area contributed by atoms with Crippen LogP contribution < -0.4 is 0 Å². The van der Waals surface area contributed by atoms with Gasteiger partial charge in [0.15, 0.2) is 0 Å². The summed E-state index contributed by atoms with van der Waals surface area (Å²) in [6.07, 6.45) is 0.781. The molecule has 0 aliphatic heterocycles. The summed E-state index contributed by atoms with van der Waals surface area (Å²) in [5.41, 5.74) is 0. The number of sulfonamides is 1. The molecule has 0 saturated heterocycles. The Balaban J connectivity index is 3.05. The van der Waals surface area contributed by atoms with Gasteiger partial charge >= 0.3 is 0 Å². The third-order valence-electron chi connectivity index (χ3n) is 2.11. The van der Waals surface area contributed by atoms with Crippen molar-refractivity contribution in [1.29, 1.82) is 5.26 Å². The number of thiophene rings is 1. The number of rotatable bonds is 5. The lowest BCUT2D eigenvalue weighted by Gasteiger charge is -2.18. The molecule has 1 heterocycles. The Morgan fingerprint density at radius 2 is 2.12 bits per heavy atom. The highest BCUT2D eigenvalue weighted by Crippen LogP contribution is 2.24. The van der Waals surface area contributed by atoms with E-state index in [2.05, 4.69) is 0 Å². The van der Waals surface area contributed by atoms with Crippen LogP contribution in [0.15, 0.2) is 16.3 Å². The topological polar surface area (TPSA) is 61.2 Å². The molecule has 0 aliphatic rings. The maximum absolute atomic E-state index is 12.1. The number of nitrogens with zero attached hydrogens (tertiary/aromatic N) is 2. The normalized spacial score (nSPS) is 11.6. The maximum atomic E-state index is 12.1.